The molecule has 0 aliphatic carbocycles. The molecule has 2 N–H and O–H groups in total. The molecule has 0 aliphatic heterocycles. The number of halogens is 1. The molecule has 1 aromatic heterocycles. The number of aryl methyl sites for hydroxylation is 1. The highest BCUT2D eigenvalue weighted by molar-refractivity contribution is 7.12. The van der Waals surface area contributed by atoms with Crippen LogP contribution in [0.5, 0.6) is 0 Å². The maximum Gasteiger partial charge on any atom is 0.329 e. The number of carbonyl (C=O) groups is 3. The first-order chi connectivity index (χ1) is 13.2. The lowest BCUT2D eigenvalue weighted by molar-refractivity contribution is -0.156. The predicted octanol–water partition coefficient (Wildman–Crippen LogP) is 4.03. The number of ether oxygens (including phenoxy) is 1. The van der Waals surface area contributed by atoms with Gasteiger partial charge in [0.05, 0.1) is 4.88 Å². The first kappa shape index (κ1) is 21.9. The van der Waals surface area contributed by atoms with E-state index in [4.69, 9.17) is 16.3 Å². The summed E-state index contributed by atoms with van der Waals surface area (Å²) in [5, 5.41) is 7.65. The number of benzene rings is 1. The number of rotatable bonds is 7. The zero-order valence-electron chi connectivity index (χ0n) is 16.1. The number of thiophene rings is 1. The Morgan fingerprint density at radius 2 is 1.86 bits per heavy atom. The quantitative estimate of drug-likeness (QED) is 0.659. The highest BCUT2D eigenvalue weighted by Gasteiger charge is 2.29. The molecule has 0 fully saturated rings. The molecule has 0 spiro atoms. The summed E-state index contributed by atoms with van der Waals surface area (Å²) < 4.78 is 5.30. The third kappa shape index (κ3) is 5.81. The van der Waals surface area contributed by atoms with Crippen LogP contribution in [-0.4, -0.2) is 29.9 Å². The van der Waals surface area contributed by atoms with Crippen LogP contribution in [0.2, 0.25) is 5.02 Å². The third-order valence-corrected chi connectivity index (χ3v) is 5.18. The number of nitrogens with one attached hydrogen (secondary N) is 2. The monoisotopic (exact) mass is 422 g/mol. The average molecular weight is 423 g/mol. The molecule has 0 aliphatic rings. The van der Waals surface area contributed by atoms with Crippen LogP contribution in [0.15, 0.2) is 35.7 Å². The van der Waals surface area contributed by atoms with Crippen LogP contribution in [0.25, 0.3) is 0 Å². The number of esters is 1. The van der Waals surface area contributed by atoms with Gasteiger partial charge in [-0.3, -0.25) is 9.59 Å². The Kier molecular flexibility index (Phi) is 7.60. The van der Waals surface area contributed by atoms with Crippen molar-refractivity contribution in [2.45, 2.75) is 39.8 Å². The lowest BCUT2D eigenvalue weighted by Gasteiger charge is -2.23. The van der Waals surface area contributed by atoms with Gasteiger partial charge in [0, 0.05) is 10.7 Å². The van der Waals surface area contributed by atoms with Crippen molar-refractivity contribution < 1.29 is 19.1 Å². The van der Waals surface area contributed by atoms with Crippen molar-refractivity contribution in [3.8, 4) is 0 Å². The van der Waals surface area contributed by atoms with Gasteiger partial charge < -0.3 is 15.4 Å². The molecule has 0 unspecified atom stereocenters. The molecule has 2 aromatic rings. The van der Waals surface area contributed by atoms with Crippen LogP contribution in [0.1, 0.15) is 36.0 Å². The molecular weight excluding hydrogens is 400 g/mol. The number of amides is 2. The van der Waals surface area contributed by atoms with E-state index in [0.717, 1.165) is 5.56 Å². The maximum atomic E-state index is 12.5. The molecule has 2 amide bonds. The van der Waals surface area contributed by atoms with Gasteiger partial charge in [-0.25, -0.2) is 4.79 Å². The smallest absolute Gasteiger partial charge is 0.329 e. The molecule has 6 nitrogen and oxygen atoms in total. The third-order valence-electron chi connectivity index (χ3n) is 4.07. The Morgan fingerprint density at radius 3 is 2.46 bits per heavy atom. The minimum atomic E-state index is -1.04. The van der Waals surface area contributed by atoms with Gasteiger partial charge in [0.15, 0.2) is 6.10 Å². The van der Waals surface area contributed by atoms with E-state index in [1.165, 1.54) is 18.3 Å². The van der Waals surface area contributed by atoms with Crippen molar-refractivity contribution >= 4 is 46.4 Å². The summed E-state index contributed by atoms with van der Waals surface area (Å²) in [5.74, 6) is -1.70. The number of carbonyl (C=O) groups excluding carboxylic acids is 3. The highest BCUT2D eigenvalue weighted by atomic mass is 35.5. The zero-order valence-corrected chi connectivity index (χ0v) is 17.7. The second kappa shape index (κ2) is 9.71. The molecule has 0 radical (unpaired) electrons. The fraction of sp³-hybridized carbons (Fsp3) is 0.350. The van der Waals surface area contributed by atoms with Crippen molar-refractivity contribution in [1.82, 2.24) is 5.32 Å². The topological polar surface area (TPSA) is 84.5 Å². The van der Waals surface area contributed by atoms with Gasteiger partial charge in [-0.1, -0.05) is 37.6 Å². The van der Waals surface area contributed by atoms with Gasteiger partial charge in [-0.15, -0.1) is 11.3 Å². The van der Waals surface area contributed by atoms with E-state index >= 15 is 0 Å². The maximum absolute atomic E-state index is 12.5. The Balaban J connectivity index is 2.00. The highest BCUT2D eigenvalue weighted by Crippen LogP contribution is 2.20. The second-order valence-electron chi connectivity index (χ2n) is 6.70. The molecule has 8 heteroatoms. The summed E-state index contributed by atoms with van der Waals surface area (Å²) in [4.78, 5) is 37.7. The molecular formula is C20H23ClN2O4S. The van der Waals surface area contributed by atoms with Crippen molar-refractivity contribution in [2.24, 2.45) is 5.92 Å². The van der Waals surface area contributed by atoms with E-state index < -0.39 is 24.0 Å². The van der Waals surface area contributed by atoms with Crippen LogP contribution < -0.4 is 10.6 Å². The molecule has 2 atom stereocenters. The zero-order chi connectivity index (χ0) is 20.8. The van der Waals surface area contributed by atoms with Crippen molar-refractivity contribution in [1.29, 1.82) is 0 Å². The summed E-state index contributed by atoms with van der Waals surface area (Å²) in [6.07, 6.45) is -1.04. The average Bonchev–Trinajstić information content (AvgIpc) is 3.16. The SMILES string of the molecule is Cc1ccc(Cl)cc1NC(=O)[C@H](C)OC(=O)[C@H](NC(=O)c1cccs1)C(C)C. The minimum absolute atomic E-state index is 0.207. The van der Waals surface area contributed by atoms with E-state index in [1.54, 1.807) is 49.6 Å². The van der Waals surface area contributed by atoms with E-state index in [-0.39, 0.29) is 11.8 Å². The minimum Gasteiger partial charge on any atom is -0.451 e. The van der Waals surface area contributed by atoms with Gasteiger partial charge in [0.2, 0.25) is 0 Å². The Hall–Kier alpha value is -2.38. The van der Waals surface area contributed by atoms with Crippen molar-refractivity contribution in [3.63, 3.8) is 0 Å². The summed E-state index contributed by atoms with van der Waals surface area (Å²) in [5.41, 5.74) is 1.38. The molecule has 0 saturated carbocycles. The van der Waals surface area contributed by atoms with E-state index in [1.807, 2.05) is 6.92 Å². The van der Waals surface area contributed by atoms with Gasteiger partial charge in [0.1, 0.15) is 6.04 Å². The molecule has 0 saturated heterocycles. The van der Waals surface area contributed by atoms with Gasteiger partial charge in [0.25, 0.3) is 11.8 Å². The van der Waals surface area contributed by atoms with Crippen LogP contribution in [0.4, 0.5) is 5.69 Å². The Bertz CT molecular complexity index is 852. The lowest BCUT2D eigenvalue weighted by atomic mass is 10.0. The summed E-state index contributed by atoms with van der Waals surface area (Å²) in [7, 11) is 0. The van der Waals surface area contributed by atoms with Crippen LogP contribution in [-0.2, 0) is 14.3 Å². The summed E-state index contributed by atoms with van der Waals surface area (Å²) in [6.45, 7) is 6.89. The van der Waals surface area contributed by atoms with Gasteiger partial charge >= 0.3 is 5.97 Å². The van der Waals surface area contributed by atoms with Crippen LogP contribution in [0.3, 0.4) is 0 Å². The molecule has 0 bridgehead atoms. The lowest BCUT2D eigenvalue weighted by Crippen LogP contribution is -2.47. The van der Waals surface area contributed by atoms with Crippen molar-refractivity contribution in [3.05, 3.63) is 51.2 Å². The normalized spacial score (nSPS) is 12.9. The van der Waals surface area contributed by atoms with Crippen LogP contribution >= 0.6 is 22.9 Å². The number of hydrogen-bond donors (Lipinski definition) is 2. The van der Waals surface area contributed by atoms with Crippen molar-refractivity contribution in [2.75, 3.05) is 5.32 Å². The van der Waals surface area contributed by atoms with E-state index in [9.17, 15) is 14.4 Å². The fourth-order valence-corrected chi connectivity index (χ4v) is 3.18. The first-order valence-electron chi connectivity index (χ1n) is 8.81. The molecule has 1 heterocycles. The number of anilines is 1. The molecule has 2 rings (SSSR count). The first-order valence-corrected chi connectivity index (χ1v) is 10.1. The second-order valence-corrected chi connectivity index (χ2v) is 8.08. The van der Waals surface area contributed by atoms with Gasteiger partial charge in [-0.2, -0.15) is 0 Å². The standard InChI is InChI=1S/C20H23ClN2O4S/c1-11(2)17(23-19(25)16-6-5-9-28-16)20(26)27-13(4)18(24)22-15-10-14(21)8-7-12(15)3/h5-11,13,17H,1-4H3,(H,22,24)(H,23,25)/t13-,17+/m0/s1. The molecule has 28 heavy (non-hydrogen) atoms. The predicted molar refractivity (Wildman–Crippen MR) is 111 cm³/mol. The summed E-state index contributed by atoms with van der Waals surface area (Å²) >= 11 is 7.24. The number of hydrogen-bond acceptors (Lipinski definition) is 5. The Labute approximate surface area is 173 Å². The Morgan fingerprint density at radius 1 is 1.14 bits per heavy atom. The van der Waals surface area contributed by atoms with Gasteiger partial charge in [-0.05, 0) is 48.9 Å². The van der Waals surface area contributed by atoms with E-state index in [2.05, 4.69) is 10.6 Å². The molecule has 150 valence electrons. The van der Waals surface area contributed by atoms with E-state index in [0.29, 0.717) is 15.6 Å². The summed E-state index contributed by atoms with van der Waals surface area (Å²) in [6, 6.07) is 7.70. The largest absolute Gasteiger partial charge is 0.451 e. The molecule has 1 aromatic carbocycles. The fourth-order valence-electron chi connectivity index (χ4n) is 2.38. The van der Waals surface area contributed by atoms with Crippen LogP contribution in [0, 0.1) is 12.8 Å².